The molecule has 0 aromatic carbocycles. The summed E-state index contributed by atoms with van der Waals surface area (Å²) in [5.74, 6) is 0.315. The molecule has 5 heteroatoms. The summed E-state index contributed by atoms with van der Waals surface area (Å²) < 4.78 is 10.2. The summed E-state index contributed by atoms with van der Waals surface area (Å²) in [6.45, 7) is 3.86. The van der Waals surface area contributed by atoms with E-state index in [4.69, 9.17) is 4.89 Å². The first-order chi connectivity index (χ1) is 5.06. The SMILES string of the molecule is CC(C)C[C@@H]([C]=O)N[PH](=O)O. The highest BCUT2D eigenvalue weighted by atomic mass is 31.1. The minimum absolute atomic E-state index is 0.315. The third-order valence-electron chi connectivity index (χ3n) is 1.15. The molecule has 0 aliphatic heterocycles. The monoisotopic (exact) mass is 178 g/mol. The van der Waals surface area contributed by atoms with Crippen molar-refractivity contribution in [3.05, 3.63) is 0 Å². The van der Waals surface area contributed by atoms with E-state index in [1.54, 1.807) is 6.29 Å². The van der Waals surface area contributed by atoms with Gasteiger partial charge < -0.3 is 4.89 Å². The Balaban J connectivity index is 3.76. The maximum atomic E-state index is 10.2. The fourth-order valence-corrected chi connectivity index (χ4v) is 1.23. The Labute approximate surface area is 66.9 Å². The normalized spacial score (nSPS) is 16.4. The highest BCUT2D eigenvalue weighted by Gasteiger charge is 2.11. The van der Waals surface area contributed by atoms with Gasteiger partial charge in [0, 0.05) is 0 Å². The van der Waals surface area contributed by atoms with Gasteiger partial charge in [0.1, 0.15) is 0 Å². The Morgan fingerprint density at radius 2 is 2.18 bits per heavy atom. The molecule has 0 heterocycles. The first-order valence-electron chi connectivity index (χ1n) is 3.43. The molecule has 1 radical (unpaired) electrons. The molecule has 0 fully saturated rings. The summed E-state index contributed by atoms with van der Waals surface area (Å²) >= 11 is 0. The van der Waals surface area contributed by atoms with E-state index >= 15 is 0 Å². The second-order valence-electron chi connectivity index (χ2n) is 2.75. The van der Waals surface area contributed by atoms with Gasteiger partial charge in [0.15, 0.2) is 0 Å². The van der Waals surface area contributed by atoms with Crippen molar-refractivity contribution in [1.82, 2.24) is 5.09 Å². The summed E-state index contributed by atoms with van der Waals surface area (Å²) in [6.07, 6.45) is 2.21. The molecule has 4 nitrogen and oxygen atoms in total. The molecule has 11 heavy (non-hydrogen) atoms. The average Bonchev–Trinajstić information content (AvgIpc) is 1.84. The highest BCUT2D eigenvalue weighted by molar-refractivity contribution is 7.35. The van der Waals surface area contributed by atoms with Gasteiger partial charge in [0.25, 0.3) is 8.18 Å². The molecule has 0 spiro atoms. The van der Waals surface area contributed by atoms with E-state index < -0.39 is 14.2 Å². The van der Waals surface area contributed by atoms with Gasteiger partial charge >= 0.3 is 0 Å². The van der Waals surface area contributed by atoms with Gasteiger partial charge in [-0.1, -0.05) is 13.8 Å². The van der Waals surface area contributed by atoms with Crippen molar-refractivity contribution < 1.29 is 14.3 Å². The van der Waals surface area contributed by atoms with Crippen LogP contribution in [0.1, 0.15) is 20.3 Å². The van der Waals surface area contributed by atoms with Gasteiger partial charge in [-0.05, 0) is 12.3 Å². The number of nitrogens with one attached hydrogen (secondary N) is 1. The van der Waals surface area contributed by atoms with Gasteiger partial charge in [-0.15, -0.1) is 0 Å². The lowest BCUT2D eigenvalue weighted by Crippen LogP contribution is -2.25. The van der Waals surface area contributed by atoms with Crippen LogP contribution in [0, 0.1) is 5.92 Å². The van der Waals surface area contributed by atoms with Crippen LogP contribution in [0.5, 0.6) is 0 Å². The fourth-order valence-electron chi connectivity index (χ4n) is 0.757. The lowest BCUT2D eigenvalue weighted by atomic mass is 10.1. The predicted octanol–water partition coefficient (Wildman–Crippen LogP) is 0.482. The first kappa shape index (κ1) is 10.8. The molecule has 0 rings (SSSR count). The quantitative estimate of drug-likeness (QED) is 0.601. The van der Waals surface area contributed by atoms with Crippen molar-refractivity contribution in [3.63, 3.8) is 0 Å². The molecule has 2 N–H and O–H groups in total. The van der Waals surface area contributed by atoms with Gasteiger partial charge in [-0.25, -0.2) is 5.09 Å². The van der Waals surface area contributed by atoms with Crippen molar-refractivity contribution in [2.45, 2.75) is 26.3 Å². The summed E-state index contributed by atoms with van der Waals surface area (Å²) in [6, 6.07) is -0.605. The molecule has 0 aliphatic carbocycles. The van der Waals surface area contributed by atoms with Gasteiger partial charge in [-0.3, -0.25) is 9.36 Å². The molecule has 65 valence electrons. The Bertz CT molecular complexity index is 149. The summed E-state index contributed by atoms with van der Waals surface area (Å²) in [7, 11) is -2.75. The molecular weight excluding hydrogens is 165 g/mol. The minimum Gasteiger partial charge on any atom is -0.335 e. The Morgan fingerprint density at radius 3 is 2.45 bits per heavy atom. The zero-order chi connectivity index (χ0) is 8.85. The van der Waals surface area contributed by atoms with E-state index in [1.165, 1.54) is 0 Å². The van der Waals surface area contributed by atoms with E-state index in [9.17, 15) is 9.36 Å². The molecule has 1 unspecified atom stereocenters. The van der Waals surface area contributed by atoms with Crippen LogP contribution in [0.15, 0.2) is 0 Å². The summed E-state index contributed by atoms with van der Waals surface area (Å²) in [4.78, 5) is 18.6. The van der Waals surface area contributed by atoms with Crippen LogP contribution in [0.2, 0.25) is 0 Å². The molecule has 0 aromatic heterocycles. The average molecular weight is 178 g/mol. The topological polar surface area (TPSA) is 66.4 Å². The third kappa shape index (κ3) is 6.23. The predicted molar refractivity (Wildman–Crippen MR) is 43.3 cm³/mol. The molecule has 0 aliphatic rings. The van der Waals surface area contributed by atoms with Crippen LogP contribution in [0.4, 0.5) is 0 Å². The lowest BCUT2D eigenvalue weighted by molar-refractivity contribution is 0.455. The van der Waals surface area contributed by atoms with Crippen molar-refractivity contribution in [3.8, 4) is 0 Å². The lowest BCUT2D eigenvalue weighted by Gasteiger charge is -2.10. The van der Waals surface area contributed by atoms with Crippen molar-refractivity contribution in [1.29, 1.82) is 0 Å². The number of hydrogen-bond acceptors (Lipinski definition) is 2. The molecule has 0 saturated carbocycles. The van der Waals surface area contributed by atoms with Crippen molar-refractivity contribution in [2.75, 3.05) is 0 Å². The molecule has 0 saturated heterocycles. The first-order valence-corrected chi connectivity index (χ1v) is 4.79. The molecule has 0 amide bonds. The van der Waals surface area contributed by atoms with Crippen LogP contribution >= 0.6 is 8.18 Å². The zero-order valence-corrected chi connectivity index (χ0v) is 7.63. The molecule has 0 bridgehead atoms. The number of hydrogen-bond donors (Lipinski definition) is 2. The third-order valence-corrected chi connectivity index (χ3v) is 1.74. The van der Waals surface area contributed by atoms with Crippen LogP contribution in [-0.2, 0) is 9.36 Å². The Hall–Kier alpha value is -0.180. The van der Waals surface area contributed by atoms with Crippen molar-refractivity contribution in [2.24, 2.45) is 5.92 Å². The van der Waals surface area contributed by atoms with Gasteiger partial charge in [0.2, 0.25) is 6.29 Å². The van der Waals surface area contributed by atoms with Crippen LogP contribution in [0.3, 0.4) is 0 Å². The van der Waals surface area contributed by atoms with Crippen LogP contribution in [-0.4, -0.2) is 17.2 Å². The maximum absolute atomic E-state index is 10.2. The van der Waals surface area contributed by atoms with E-state index in [-0.39, 0.29) is 0 Å². The largest absolute Gasteiger partial charge is 0.335 e. The van der Waals surface area contributed by atoms with E-state index in [0.717, 1.165) is 0 Å². The summed E-state index contributed by atoms with van der Waals surface area (Å²) in [5, 5.41) is 2.24. The maximum Gasteiger partial charge on any atom is 0.256 e. The van der Waals surface area contributed by atoms with E-state index in [0.29, 0.717) is 12.3 Å². The second kappa shape index (κ2) is 5.47. The highest BCUT2D eigenvalue weighted by Crippen LogP contribution is 2.11. The molecule has 0 aromatic rings. The number of carbonyl (C=O) groups excluding carboxylic acids is 1. The van der Waals surface area contributed by atoms with Gasteiger partial charge in [-0.2, -0.15) is 0 Å². The van der Waals surface area contributed by atoms with Gasteiger partial charge in [0.05, 0.1) is 6.04 Å². The standard InChI is InChI=1S/C6H13NO3P/c1-5(2)3-6(4-8)7-11(9)10/h5-6,11H,3H2,1-2H3,(H2,7,9,10)/t6-/m0/s1. The van der Waals surface area contributed by atoms with E-state index in [2.05, 4.69) is 5.09 Å². The minimum atomic E-state index is -2.75. The second-order valence-corrected chi connectivity index (χ2v) is 3.65. The smallest absolute Gasteiger partial charge is 0.256 e. The Morgan fingerprint density at radius 1 is 1.64 bits per heavy atom. The van der Waals surface area contributed by atoms with Crippen LogP contribution < -0.4 is 5.09 Å². The number of rotatable bonds is 5. The Kier molecular flexibility index (Phi) is 5.38. The van der Waals surface area contributed by atoms with Crippen LogP contribution in [0.25, 0.3) is 0 Å². The molecular formula is C6H13NO3P. The van der Waals surface area contributed by atoms with Crippen molar-refractivity contribution >= 4 is 14.5 Å². The van der Waals surface area contributed by atoms with E-state index in [1.807, 2.05) is 13.8 Å². The summed E-state index contributed by atoms with van der Waals surface area (Å²) in [5.41, 5.74) is 0. The molecule has 2 atom stereocenters. The zero-order valence-electron chi connectivity index (χ0n) is 6.63. The fraction of sp³-hybridized carbons (Fsp3) is 0.833.